The second-order valence-electron chi connectivity index (χ2n) is 6.76. The average Bonchev–Trinajstić information content (AvgIpc) is 2.70. The van der Waals surface area contributed by atoms with Crippen LogP contribution in [0, 0.1) is 0 Å². The summed E-state index contributed by atoms with van der Waals surface area (Å²) in [7, 11) is -3.67. The van der Waals surface area contributed by atoms with E-state index in [2.05, 4.69) is 29.5 Å². The standard InChI is InChI=1S/C21H29N3O3S/c1-3-5-13-24(4-2)16-18-8-6-7-17(14-18)15-23-28(26,27)20-11-9-19(10-12-20)21(22)25/h6-12,14,23H,3-5,13,15-16H2,1-2H3,(H2,22,25). The quantitative estimate of drug-likeness (QED) is 0.603. The van der Waals surface area contributed by atoms with Crippen molar-refractivity contribution in [3.05, 3.63) is 65.2 Å². The SMILES string of the molecule is CCCCN(CC)Cc1cccc(CNS(=O)(=O)c2ccc(C(N)=O)cc2)c1. The first-order valence-electron chi connectivity index (χ1n) is 9.55. The zero-order valence-electron chi connectivity index (χ0n) is 16.5. The third-order valence-electron chi connectivity index (χ3n) is 4.59. The van der Waals surface area contributed by atoms with E-state index in [0.29, 0.717) is 0 Å². The number of hydrogen-bond donors (Lipinski definition) is 2. The van der Waals surface area contributed by atoms with Crippen LogP contribution in [0.1, 0.15) is 48.2 Å². The number of unbranched alkanes of at least 4 members (excludes halogenated alkanes) is 1. The molecule has 7 heteroatoms. The van der Waals surface area contributed by atoms with Crippen LogP contribution < -0.4 is 10.5 Å². The fourth-order valence-corrected chi connectivity index (χ4v) is 3.90. The molecule has 2 aromatic carbocycles. The van der Waals surface area contributed by atoms with Crippen molar-refractivity contribution in [2.24, 2.45) is 5.73 Å². The molecule has 0 aliphatic rings. The molecule has 0 aromatic heterocycles. The summed E-state index contributed by atoms with van der Waals surface area (Å²) in [6, 6.07) is 13.5. The first kappa shape index (κ1) is 22.1. The van der Waals surface area contributed by atoms with E-state index in [4.69, 9.17) is 5.73 Å². The Morgan fingerprint density at radius 3 is 2.36 bits per heavy atom. The van der Waals surface area contributed by atoms with Gasteiger partial charge in [-0.05, 0) is 54.9 Å². The maximum atomic E-state index is 12.5. The lowest BCUT2D eigenvalue weighted by atomic mass is 10.1. The van der Waals surface area contributed by atoms with Crippen molar-refractivity contribution in [2.45, 2.75) is 44.7 Å². The van der Waals surface area contributed by atoms with Gasteiger partial charge >= 0.3 is 0 Å². The summed E-state index contributed by atoms with van der Waals surface area (Å²) in [4.78, 5) is 13.6. The lowest BCUT2D eigenvalue weighted by Gasteiger charge is -2.20. The lowest BCUT2D eigenvalue weighted by molar-refractivity contribution is 0.1000. The molecular weight excluding hydrogens is 374 g/mol. The van der Waals surface area contributed by atoms with Gasteiger partial charge in [-0.25, -0.2) is 13.1 Å². The van der Waals surface area contributed by atoms with E-state index in [9.17, 15) is 13.2 Å². The first-order chi connectivity index (χ1) is 13.4. The smallest absolute Gasteiger partial charge is 0.248 e. The fraction of sp³-hybridized carbons (Fsp3) is 0.381. The highest BCUT2D eigenvalue weighted by Gasteiger charge is 2.14. The number of hydrogen-bond acceptors (Lipinski definition) is 4. The molecule has 0 radical (unpaired) electrons. The van der Waals surface area contributed by atoms with Gasteiger partial charge in [-0.15, -0.1) is 0 Å². The molecule has 0 aliphatic heterocycles. The molecule has 0 saturated heterocycles. The van der Waals surface area contributed by atoms with Crippen molar-refractivity contribution in [1.82, 2.24) is 9.62 Å². The van der Waals surface area contributed by atoms with Gasteiger partial charge in [0.05, 0.1) is 4.90 Å². The number of carbonyl (C=O) groups excluding carboxylic acids is 1. The maximum Gasteiger partial charge on any atom is 0.248 e. The number of primary amides is 1. The molecule has 0 spiro atoms. The van der Waals surface area contributed by atoms with Crippen LogP contribution in [0.25, 0.3) is 0 Å². The second-order valence-corrected chi connectivity index (χ2v) is 8.52. The van der Waals surface area contributed by atoms with Crippen molar-refractivity contribution in [3.63, 3.8) is 0 Å². The van der Waals surface area contributed by atoms with Gasteiger partial charge in [0.25, 0.3) is 0 Å². The van der Waals surface area contributed by atoms with Crippen LogP contribution >= 0.6 is 0 Å². The molecule has 0 heterocycles. The number of benzene rings is 2. The largest absolute Gasteiger partial charge is 0.366 e. The van der Waals surface area contributed by atoms with Crippen LogP contribution in [-0.2, 0) is 23.1 Å². The molecule has 0 atom stereocenters. The van der Waals surface area contributed by atoms with E-state index in [0.717, 1.165) is 25.2 Å². The minimum atomic E-state index is -3.67. The van der Waals surface area contributed by atoms with Gasteiger partial charge in [0.1, 0.15) is 0 Å². The monoisotopic (exact) mass is 403 g/mol. The molecule has 0 aliphatic carbocycles. The van der Waals surface area contributed by atoms with E-state index in [-0.39, 0.29) is 17.0 Å². The molecule has 0 unspecified atom stereocenters. The van der Waals surface area contributed by atoms with Crippen LogP contribution in [0.3, 0.4) is 0 Å². The van der Waals surface area contributed by atoms with Gasteiger partial charge in [-0.3, -0.25) is 9.69 Å². The molecule has 0 fully saturated rings. The number of carbonyl (C=O) groups is 1. The lowest BCUT2D eigenvalue weighted by Crippen LogP contribution is -2.25. The summed E-state index contributed by atoms with van der Waals surface area (Å²) in [5.74, 6) is -0.589. The molecule has 3 N–H and O–H groups in total. The molecule has 2 aromatic rings. The molecule has 28 heavy (non-hydrogen) atoms. The molecule has 2 rings (SSSR count). The van der Waals surface area contributed by atoms with Crippen LogP contribution in [0.5, 0.6) is 0 Å². The fourth-order valence-electron chi connectivity index (χ4n) is 2.89. The average molecular weight is 404 g/mol. The summed E-state index contributed by atoms with van der Waals surface area (Å²) in [5, 5.41) is 0. The van der Waals surface area contributed by atoms with Gasteiger partial charge in [0.2, 0.25) is 15.9 Å². The Hall–Kier alpha value is -2.22. The van der Waals surface area contributed by atoms with Crippen LogP contribution in [0.4, 0.5) is 0 Å². The molecule has 0 saturated carbocycles. The minimum Gasteiger partial charge on any atom is -0.366 e. The minimum absolute atomic E-state index is 0.102. The number of rotatable bonds is 11. The van der Waals surface area contributed by atoms with Crippen LogP contribution in [0.2, 0.25) is 0 Å². The Balaban J connectivity index is 2.02. The van der Waals surface area contributed by atoms with Crippen molar-refractivity contribution >= 4 is 15.9 Å². The Morgan fingerprint density at radius 2 is 1.75 bits per heavy atom. The number of nitrogens with one attached hydrogen (secondary N) is 1. The van der Waals surface area contributed by atoms with Crippen molar-refractivity contribution in [2.75, 3.05) is 13.1 Å². The predicted octanol–water partition coefficient (Wildman–Crippen LogP) is 2.89. The number of nitrogens with two attached hydrogens (primary N) is 1. The first-order valence-corrected chi connectivity index (χ1v) is 11.0. The summed E-state index contributed by atoms with van der Waals surface area (Å²) >= 11 is 0. The number of sulfonamides is 1. The Kier molecular flexibility index (Phi) is 8.17. The summed E-state index contributed by atoms with van der Waals surface area (Å²) in [6.07, 6.45) is 2.33. The zero-order chi connectivity index (χ0) is 20.6. The highest BCUT2D eigenvalue weighted by molar-refractivity contribution is 7.89. The molecular formula is C21H29N3O3S. The van der Waals surface area contributed by atoms with E-state index in [1.54, 1.807) is 0 Å². The van der Waals surface area contributed by atoms with Gasteiger partial charge < -0.3 is 5.73 Å². The predicted molar refractivity (Wildman–Crippen MR) is 111 cm³/mol. The van der Waals surface area contributed by atoms with E-state index in [1.165, 1.54) is 42.7 Å². The normalized spacial score (nSPS) is 11.7. The van der Waals surface area contributed by atoms with E-state index < -0.39 is 15.9 Å². The molecule has 152 valence electrons. The van der Waals surface area contributed by atoms with Crippen molar-refractivity contribution < 1.29 is 13.2 Å². The third kappa shape index (κ3) is 6.44. The van der Waals surface area contributed by atoms with Gasteiger partial charge in [0, 0.05) is 18.7 Å². The topological polar surface area (TPSA) is 92.5 Å². The molecule has 6 nitrogen and oxygen atoms in total. The second kappa shape index (κ2) is 10.4. The Morgan fingerprint density at radius 1 is 1.07 bits per heavy atom. The van der Waals surface area contributed by atoms with Crippen LogP contribution in [0.15, 0.2) is 53.4 Å². The van der Waals surface area contributed by atoms with Crippen molar-refractivity contribution in [1.29, 1.82) is 0 Å². The number of nitrogens with zero attached hydrogens (tertiary/aromatic N) is 1. The van der Waals surface area contributed by atoms with E-state index >= 15 is 0 Å². The van der Waals surface area contributed by atoms with Gasteiger partial charge in [0.15, 0.2) is 0 Å². The zero-order valence-corrected chi connectivity index (χ0v) is 17.3. The van der Waals surface area contributed by atoms with Gasteiger partial charge in [-0.2, -0.15) is 0 Å². The molecule has 1 amide bonds. The van der Waals surface area contributed by atoms with Crippen molar-refractivity contribution in [3.8, 4) is 0 Å². The molecule has 0 bridgehead atoms. The highest BCUT2D eigenvalue weighted by atomic mass is 32.2. The van der Waals surface area contributed by atoms with E-state index in [1.807, 2.05) is 18.2 Å². The summed E-state index contributed by atoms with van der Waals surface area (Å²) < 4.78 is 27.6. The third-order valence-corrected chi connectivity index (χ3v) is 6.01. The summed E-state index contributed by atoms with van der Waals surface area (Å²) in [5.41, 5.74) is 7.53. The number of amides is 1. The summed E-state index contributed by atoms with van der Waals surface area (Å²) in [6.45, 7) is 7.43. The van der Waals surface area contributed by atoms with Crippen LogP contribution in [-0.4, -0.2) is 32.3 Å². The Bertz CT molecular complexity index is 880. The Labute approximate surface area is 167 Å². The maximum absolute atomic E-state index is 12.5. The highest BCUT2D eigenvalue weighted by Crippen LogP contribution is 2.13. The van der Waals surface area contributed by atoms with Gasteiger partial charge in [-0.1, -0.05) is 44.5 Å².